The second-order valence-corrected chi connectivity index (χ2v) is 4.44. The lowest BCUT2D eigenvalue weighted by atomic mass is 10.1. The Balaban J connectivity index is 2.06. The number of aromatic hydroxyl groups is 1. The summed E-state index contributed by atoms with van der Waals surface area (Å²) in [6.07, 6.45) is 0. The van der Waals surface area contributed by atoms with Gasteiger partial charge in [0.1, 0.15) is 18.1 Å². The number of carbonyl (C=O) groups is 1. The predicted octanol–water partition coefficient (Wildman–Crippen LogP) is 3.07. The molecular formula is C16H16O4. The number of hydrogen-bond acceptors (Lipinski definition) is 4. The Kier molecular flexibility index (Phi) is 4.25. The van der Waals surface area contributed by atoms with Gasteiger partial charge >= 0.3 is 5.97 Å². The van der Waals surface area contributed by atoms with E-state index in [1.165, 1.54) is 24.3 Å². The number of phenols is 1. The van der Waals surface area contributed by atoms with Crippen molar-refractivity contribution in [1.29, 1.82) is 0 Å². The summed E-state index contributed by atoms with van der Waals surface area (Å²) < 4.78 is 10.5. The molecule has 0 saturated heterocycles. The van der Waals surface area contributed by atoms with E-state index in [-0.39, 0.29) is 12.4 Å². The fourth-order valence-electron chi connectivity index (χ4n) is 1.84. The zero-order valence-corrected chi connectivity index (χ0v) is 11.4. The number of esters is 1. The van der Waals surface area contributed by atoms with Gasteiger partial charge in [0.2, 0.25) is 0 Å². The second kappa shape index (κ2) is 6.10. The Labute approximate surface area is 117 Å². The number of benzene rings is 2. The van der Waals surface area contributed by atoms with Crippen molar-refractivity contribution in [2.45, 2.75) is 13.5 Å². The van der Waals surface area contributed by atoms with Gasteiger partial charge in [0.05, 0.1) is 12.7 Å². The number of aryl methyl sites for hydroxylation is 1. The molecule has 2 aromatic carbocycles. The third-order valence-corrected chi connectivity index (χ3v) is 2.90. The van der Waals surface area contributed by atoms with Crippen LogP contribution in [0.3, 0.4) is 0 Å². The first kappa shape index (κ1) is 13.9. The van der Waals surface area contributed by atoms with Crippen molar-refractivity contribution in [2.24, 2.45) is 0 Å². The van der Waals surface area contributed by atoms with Crippen molar-refractivity contribution in [1.82, 2.24) is 0 Å². The largest absolute Gasteiger partial charge is 0.508 e. The van der Waals surface area contributed by atoms with Gasteiger partial charge in [0.15, 0.2) is 0 Å². The Morgan fingerprint density at radius 1 is 1.15 bits per heavy atom. The fraction of sp³-hybridized carbons (Fsp3) is 0.188. The molecule has 4 heteroatoms. The summed E-state index contributed by atoms with van der Waals surface area (Å²) >= 11 is 0. The molecule has 104 valence electrons. The van der Waals surface area contributed by atoms with Gasteiger partial charge in [-0.05, 0) is 43.3 Å². The first-order chi connectivity index (χ1) is 9.60. The lowest BCUT2D eigenvalue weighted by molar-refractivity contribution is 0.0470. The molecule has 2 rings (SSSR count). The summed E-state index contributed by atoms with van der Waals surface area (Å²) in [4.78, 5) is 11.9. The van der Waals surface area contributed by atoms with Crippen molar-refractivity contribution in [3.8, 4) is 11.5 Å². The highest BCUT2D eigenvalue weighted by Crippen LogP contribution is 2.21. The Morgan fingerprint density at radius 2 is 1.85 bits per heavy atom. The van der Waals surface area contributed by atoms with Crippen LogP contribution in [0.2, 0.25) is 0 Å². The molecular weight excluding hydrogens is 256 g/mol. The van der Waals surface area contributed by atoms with Crippen LogP contribution in [0.5, 0.6) is 11.5 Å². The van der Waals surface area contributed by atoms with Gasteiger partial charge in [-0.15, -0.1) is 0 Å². The average molecular weight is 272 g/mol. The lowest BCUT2D eigenvalue weighted by Crippen LogP contribution is -2.06. The number of phenolic OH excluding ortho intramolecular Hbond substituents is 1. The summed E-state index contributed by atoms with van der Waals surface area (Å²) in [7, 11) is 1.58. The van der Waals surface area contributed by atoms with Crippen molar-refractivity contribution >= 4 is 5.97 Å². The normalized spacial score (nSPS) is 10.1. The molecule has 0 aliphatic heterocycles. The molecule has 0 saturated carbocycles. The molecule has 1 N–H and O–H groups in total. The van der Waals surface area contributed by atoms with Crippen molar-refractivity contribution < 1.29 is 19.4 Å². The molecule has 0 fully saturated rings. The van der Waals surface area contributed by atoms with E-state index in [4.69, 9.17) is 9.47 Å². The minimum atomic E-state index is -0.437. The molecule has 0 heterocycles. The number of carbonyl (C=O) groups excluding carboxylic acids is 1. The molecule has 0 aliphatic rings. The third-order valence-electron chi connectivity index (χ3n) is 2.90. The van der Waals surface area contributed by atoms with E-state index in [2.05, 4.69) is 0 Å². The van der Waals surface area contributed by atoms with E-state index in [1.54, 1.807) is 7.11 Å². The van der Waals surface area contributed by atoms with Gasteiger partial charge in [0.25, 0.3) is 0 Å². The number of ether oxygens (including phenoxy) is 2. The van der Waals surface area contributed by atoms with Crippen molar-refractivity contribution in [3.05, 3.63) is 59.2 Å². The van der Waals surface area contributed by atoms with Crippen molar-refractivity contribution in [3.63, 3.8) is 0 Å². The molecule has 0 aliphatic carbocycles. The van der Waals surface area contributed by atoms with Gasteiger partial charge in [-0.1, -0.05) is 11.6 Å². The molecule has 2 aromatic rings. The van der Waals surface area contributed by atoms with Crippen LogP contribution in [-0.4, -0.2) is 18.2 Å². The Morgan fingerprint density at radius 3 is 2.50 bits per heavy atom. The second-order valence-electron chi connectivity index (χ2n) is 4.44. The van der Waals surface area contributed by atoms with Crippen LogP contribution >= 0.6 is 0 Å². The first-order valence-corrected chi connectivity index (χ1v) is 6.20. The molecule has 0 aromatic heterocycles. The monoisotopic (exact) mass is 272 g/mol. The minimum absolute atomic E-state index is 0.113. The van der Waals surface area contributed by atoms with E-state index in [0.717, 1.165) is 11.1 Å². The molecule has 0 amide bonds. The van der Waals surface area contributed by atoms with E-state index in [9.17, 15) is 9.90 Å². The van der Waals surface area contributed by atoms with E-state index in [1.807, 2.05) is 25.1 Å². The lowest BCUT2D eigenvalue weighted by Gasteiger charge is -2.10. The first-order valence-electron chi connectivity index (χ1n) is 6.20. The smallest absolute Gasteiger partial charge is 0.338 e. The highest BCUT2D eigenvalue weighted by atomic mass is 16.5. The van der Waals surface area contributed by atoms with Gasteiger partial charge in [-0.3, -0.25) is 0 Å². The maximum Gasteiger partial charge on any atom is 0.338 e. The minimum Gasteiger partial charge on any atom is -0.508 e. The van der Waals surface area contributed by atoms with E-state index >= 15 is 0 Å². The van der Waals surface area contributed by atoms with Crippen LogP contribution in [0.15, 0.2) is 42.5 Å². The van der Waals surface area contributed by atoms with Gasteiger partial charge < -0.3 is 14.6 Å². The summed E-state index contributed by atoms with van der Waals surface area (Å²) in [5.74, 6) is 0.365. The molecule has 20 heavy (non-hydrogen) atoms. The zero-order chi connectivity index (χ0) is 14.5. The fourth-order valence-corrected chi connectivity index (χ4v) is 1.84. The van der Waals surface area contributed by atoms with Gasteiger partial charge in [-0.2, -0.15) is 0 Å². The summed E-state index contributed by atoms with van der Waals surface area (Å²) in [6.45, 7) is 2.11. The predicted molar refractivity (Wildman–Crippen MR) is 75.0 cm³/mol. The highest BCUT2D eigenvalue weighted by molar-refractivity contribution is 5.89. The number of methoxy groups -OCH3 is 1. The van der Waals surface area contributed by atoms with Gasteiger partial charge in [-0.25, -0.2) is 4.79 Å². The maximum absolute atomic E-state index is 11.9. The number of hydrogen-bond donors (Lipinski definition) is 1. The maximum atomic E-state index is 11.9. The quantitative estimate of drug-likeness (QED) is 0.869. The third kappa shape index (κ3) is 3.29. The molecule has 4 nitrogen and oxygen atoms in total. The molecule has 0 spiro atoms. The van der Waals surface area contributed by atoms with Crippen molar-refractivity contribution in [2.75, 3.05) is 7.11 Å². The summed E-state index contributed by atoms with van der Waals surface area (Å²) in [5, 5.41) is 9.18. The van der Waals surface area contributed by atoms with E-state index < -0.39 is 5.97 Å². The molecule has 0 radical (unpaired) electrons. The SMILES string of the molecule is COc1ccc(C)cc1COC(=O)c1ccc(O)cc1. The van der Waals surface area contributed by atoms with Crippen LogP contribution in [0.4, 0.5) is 0 Å². The van der Waals surface area contributed by atoms with Crippen LogP contribution in [0.25, 0.3) is 0 Å². The van der Waals surface area contributed by atoms with Crippen LogP contribution < -0.4 is 4.74 Å². The standard InChI is InChI=1S/C16H16O4/c1-11-3-8-15(19-2)13(9-11)10-20-16(18)12-4-6-14(17)7-5-12/h3-9,17H,10H2,1-2H3. The highest BCUT2D eigenvalue weighted by Gasteiger charge is 2.10. The number of rotatable bonds is 4. The topological polar surface area (TPSA) is 55.8 Å². The van der Waals surface area contributed by atoms with Gasteiger partial charge in [0, 0.05) is 5.56 Å². The van der Waals surface area contributed by atoms with Crippen LogP contribution in [0.1, 0.15) is 21.5 Å². The summed E-state index contributed by atoms with van der Waals surface area (Å²) in [6, 6.07) is 11.6. The zero-order valence-electron chi connectivity index (χ0n) is 11.4. The van der Waals surface area contributed by atoms with Crippen LogP contribution in [0, 0.1) is 6.92 Å². The Hall–Kier alpha value is -2.49. The molecule has 0 bridgehead atoms. The Bertz CT molecular complexity index is 602. The molecule has 0 unspecified atom stereocenters. The average Bonchev–Trinajstić information content (AvgIpc) is 2.45. The van der Waals surface area contributed by atoms with Crippen LogP contribution in [-0.2, 0) is 11.3 Å². The summed E-state index contributed by atoms with van der Waals surface area (Å²) in [5.41, 5.74) is 2.29. The van der Waals surface area contributed by atoms with E-state index in [0.29, 0.717) is 11.3 Å². The molecule has 0 atom stereocenters.